The van der Waals surface area contributed by atoms with Crippen molar-refractivity contribution in [2.75, 3.05) is 47.5 Å². The van der Waals surface area contributed by atoms with Crippen LogP contribution in [-0.2, 0) is 32.7 Å². The first kappa shape index (κ1) is 57.8. The number of phosphoric acid groups is 1. The van der Waals surface area contributed by atoms with Crippen molar-refractivity contribution in [2.24, 2.45) is 11.8 Å². The topological polar surface area (TPSA) is 172 Å². The molecule has 0 aromatic rings. The molecule has 0 aliphatic heterocycles. The zero-order valence-corrected chi connectivity index (χ0v) is 39.9. The molecule has 7 atom stereocenters. The molecule has 0 aromatic heterocycles. The second-order valence-corrected chi connectivity index (χ2v) is 18.4. The Kier molecular flexibility index (Phi) is 33.1. The number of carbonyl (C=O) groups excluding carboxylic acids is 2. The fourth-order valence-electron chi connectivity index (χ4n) is 6.50. The number of unbranched alkanes of at least 4 members (excludes halogenated alkanes) is 3. The van der Waals surface area contributed by atoms with Crippen LogP contribution >= 0.6 is 7.82 Å². The molecule has 0 saturated heterocycles. The molecule has 0 spiro atoms. The van der Waals surface area contributed by atoms with Crippen LogP contribution in [0, 0.1) is 11.8 Å². The Hall–Kier alpha value is -3.19. The minimum absolute atomic E-state index is 0.0445. The molecule has 12 nitrogen and oxygen atoms in total. The number of phosphoric ester groups is 1. The van der Waals surface area contributed by atoms with Crippen molar-refractivity contribution in [2.45, 2.75) is 147 Å². The maximum atomic E-state index is 12.7. The third kappa shape index (κ3) is 33.0. The molecule has 358 valence electrons. The van der Waals surface area contributed by atoms with Crippen molar-refractivity contribution < 1.29 is 57.4 Å². The lowest BCUT2D eigenvalue weighted by Crippen LogP contribution is -2.37. The summed E-state index contributed by atoms with van der Waals surface area (Å²) in [6.07, 6.45) is 41.2. The van der Waals surface area contributed by atoms with Crippen LogP contribution in [0.25, 0.3) is 0 Å². The molecule has 0 heterocycles. The van der Waals surface area contributed by atoms with Crippen molar-refractivity contribution in [1.29, 1.82) is 0 Å². The number of esters is 2. The second kappa shape index (κ2) is 36.1. The van der Waals surface area contributed by atoms with E-state index in [2.05, 4.69) is 74.6 Å². The standard InChI is InChI=1S/C50H82NO11P/c1-6-8-10-11-12-13-14-15-16-17-18-19-20-21-22-23-24-25-31-35-50(56)62-44(42-61-63(57,58)60-39-38-51(3,4)5)41-59-49(55)34-30-27-26-29-33-45-46(48(54)40-47(45)53)37-36-43(52)32-28-9-7-2/h8,10,12-13,15-16,18-19,21-22,24-26,29,36-37,43-48,52-54H,6-7,9,11,14,17,20,23,27-28,30-35,38-42H2,1-5H3/b10-8-,13-12-,16-15-,19-18-,22-21-,25-24-,29-26+,37-36+/t43-,44+,45+,46+,47-,48+/m0/s1. The average Bonchev–Trinajstić information content (AvgIpc) is 3.50. The highest BCUT2D eigenvalue weighted by atomic mass is 31.2. The monoisotopic (exact) mass is 904 g/mol. The molecular weight excluding hydrogens is 822 g/mol. The first-order valence-corrected chi connectivity index (χ1v) is 24.7. The third-order valence-corrected chi connectivity index (χ3v) is 11.1. The summed E-state index contributed by atoms with van der Waals surface area (Å²) in [4.78, 5) is 37.8. The van der Waals surface area contributed by atoms with Gasteiger partial charge in [0.25, 0.3) is 7.82 Å². The summed E-state index contributed by atoms with van der Waals surface area (Å²) in [6, 6.07) is 0. The minimum Gasteiger partial charge on any atom is -0.756 e. The quantitative estimate of drug-likeness (QED) is 0.0180. The summed E-state index contributed by atoms with van der Waals surface area (Å²) in [5.41, 5.74) is 0. The molecule has 1 saturated carbocycles. The van der Waals surface area contributed by atoms with Crippen molar-refractivity contribution in [3.05, 3.63) is 97.2 Å². The fourth-order valence-corrected chi connectivity index (χ4v) is 7.22. The van der Waals surface area contributed by atoms with E-state index in [1.807, 2.05) is 51.5 Å². The fraction of sp³-hybridized carbons (Fsp3) is 0.640. The SMILES string of the molecule is CC/C=C\C/C=C\C/C=C\C/C=C\C/C=C\C/C=C\CCC(=O)O[C@H](COC(=O)CCC/C=C/C[C@@H]1[C@@H](/C=C/[C@@H](O)CCCCC)[C@H](O)C[C@@H]1O)COP(=O)([O-])OCC[N+](C)(C)C. The number of hydrogen-bond donors (Lipinski definition) is 3. The van der Waals surface area contributed by atoms with Gasteiger partial charge in [-0.15, -0.1) is 0 Å². The van der Waals surface area contributed by atoms with Crippen LogP contribution in [0.3, 0.4) is 0 Å². The van der Waals surface area contributed by atoms with Gasteiger partial charge in [0.2, 0.25) is 0 Å². The van der Waals surface area contributed by atoms with E-state index < -0.39 is 50.8 Å². The molecule has 0 aromatic carbocycles. The summed E-state index contributed by atoms with van der Waals surface area (Å²) >= 11 is 0. The number of hydrogen-bond acceptors (Lipinski definition) is 11. The third-order valence-electron chi connectivity index (χ3n) is 10.2. The number of ether oxygens (including phenoxy) is 2. The molecule has 0 radical (unpaired) electrons. The highest BCUT2D eigenvalue weighted by Gasteiger charge is 2.39. The Balaban J connectivity index is 2.54. The summed E-state index contributed by atoms with van der Waals surface area (Å²) in [5.74, 6) is -1.56. The minimum atomic E-state index is -4.72. The van der Waals surface area contributed by atoms with Gasteiger partial charge in [-0.2, -0.15) is 0 Å². The number of allylic oxidation sites excluding steroid dienone is 14. The van der Waals surface area contributed by atoms with Gasteiger partial charge in [-0.1, -0.05) is 130 Å². The van der Waals surface area contributed by atoms with Gasteiger partial charge < -0.3 is 43.2 Å². The number of aliphatic hydroxyl groups excluding tert-OH is 3. The summed E-state index contributed by atoms with van der Waals surface area (Å²) in [5, 5.41) is 31.4. The molecule has 3 N–H and O–H groups in total. The lowest BCUT2D eigenvalue weighted by atomic mass is 9.89. The Labute approximate surface area is 380 Å². The first-order valence-electron chi connectivity index (χ1n) is 23.2. The van der Waals surface area contributed by atoms with Crippen LogP contribution < -0.4 is 4.89 Å². The summed E-state index contributed by atoms with van der Waals surface area (Å²) in [7, 11) is 0.968. The van der Waals surface area contributed by atoms with E-state index in [0.717, 1.165) is 51.4 Å². The molecule has 1 unspecified atom stereocenters. The Bertz CT molecular complexity index is 1510. The van der Waals surface area contributed by atoms with Crippen LogP contribution in [0.2, 0.25) is 0 Å². The van der Waals surface area contributed by atoms with Gasteiger partial charge in [0, 0.05) is 25.2 Å². The normalized spacial score (nSPS) is 20.8. The van der Waals surface area contributed by atoms with E-state index in [4.69, 9.17) is 18.5 Å². The first-order chi connectivity index (χ1) is 30.2. The number of carbonyl (C=O) groups is 2. The number of aliphatic hydroxyl groups is 3. The molecule has 63 heavy (non-hydrogen) atoms. The van der Waals surface area contributed by atoms with E-state index in [9.17, 15) is 34.4 Å². The van der Waals surface area contributed by atoms with Crippen molar-refractivity contribution >= 4 is 19.8 Å². The van der Waals surface area contributed by atoms with E-state index in [0.29, 0.717) is 49.6 Å². The zero-order chi connectivity index (χ0) is 46.6. The molecule has 0 bridgehead atoms. The van der Waals surface area contributed by atoms with Gasteiger partial charge in [-0.3, -0.25) is 14.2 Å². The number of rotatable bonds is 36. The maximum Gasteiger partial charge on any atom is 0.306 e. The highest BCUT2D eigenvalue weighted by molar-refractivity contribution is 7.45. The van der Waals surface area contributed by atoms with Gasteiger partial charge in [0.05, 0.1) is 46.1 Å². The predicted octanol–water partition coefficient (Wildman–Crippen LogP) is 9.10. The summed E-state index contributed by atoms with van der Waals surface area (Å²) in [6.45, 7) is 3.62. The van der Waals surface area contributed by atoms with Gasteiger partial charge in [0.1, 0.15) is 19.8 Å². The smallest absolute Gasteiger partial charge is 0.306 e. The Morgan fingerprint density at radius 2 is 1.32 bits per heavy atom. The van der Waals surface area contributed by atoms with Gasteiger partial charge in [-0.25, -0.2) is 0 Å². The second-order valence-electron chi connectivity index (χ2n) is 17.0. The van der Waals surface area contributed by atoms with Gasteiger partial charge in [0.15, 0.2) is 6.10 Å². The predicted molar refractivity (Wildman–Crippen MR) is 251 cm³/mol. The van der Waals surface area contributed by atoms with Gasteiger partial charge in [-0.05, 0) is 76.5 Å². The van der Waals surface area contributed by atoms with Crippen LogP contribution in [0.1, 0.15) is 123 Å². The van der Waals surface area contributed by atoms with Crippen LogP contribution in [0.4, 0.5) is 0 Å². The number of likely N-dealkylation sites (N-methyl/N-ethyl adjacent to an activating group) is 1. The van der Waals surface area contributed by atoms with Gasteiger partial charge >= 0.3 is 11.9 Å². The molecule has 0 amide bonds. The van der Waals surface area contributed by atoms with Crippen molar-refractivity contribution in [3.63, 3.8) is 0 Å². The van der Waals surface area contributed by atoms with Crippen LogP contribution in [-0.4, -0.2) is 104 Å². The highest BCUT2D eigenvalue weighted by Crippen LogP contribution is 2.38. The molecule has 1 aliphatic carbocycles. The summed E-state index contributed by atoms with van der Waals surface area (Å²) < 4.78 is 33.8. The lowest BCUT2D eigenvalue weighted by molar-refractivity contribution is -0.870. The van der Waals surface area contributed by atoms with Crippen molar-refractivity contribution in [3.8, 4) is 0 Å². The van der Waals surface area contributed by atoms with Crippen molar-refractivity contribution in [1.82, 2.24) is 0 Å². The van der Waals surface area contributed by atoms with E-state index in [1.165, 1.54) is 0 Å². The molecule has 1 rings (SSSR count). The Morgan fingerprint density at radius 3 is 1.90 bits per heavy atom. The van der Waals surface area contributed by atoms with Crippen LogP contribution in [0.5, 0.6) is 0 Å². The molecule has 1 fully saturated rings. The molecule has 13 heteroatoms. The number of quaternary nitrogens is 1. The van der Waals surface area contributed by atoms with Crippen LogP contribution in [0.15, 0.2) is 97.2 Å². The maximum absolute atomic E-state index is 12.7. The Morgan fingerprint density at radius 1 is 0.730 bits per heavy atom. The number of nitrogens with zero attached hydrogens (tertiary/aromatic N) is 1. The largest absolute Gasteiger partial charge is 0.756 e. The molecule has 1 aliphatic rings. The average molecular weight is 904 g/mol. The van der Waals surface area contributed by atoms with E-state index in [-0.39, 0.29) is 44.3 Å². The molecular formula is C50H82NO11P. The zero-order valence-electron chi connectivity index (χ0n) is 39.1. The van der Waals surface area contributed by atoms with E-state index >= 15 is 0 Å². The van der Waals surface area contributed by atoms with E-state index in [1.54, 1.807) is 6.08 Å². The lowest BCUT2D eigenvalue weighted by Gasteiger charge is -2.28.